The highest BCUT2D eigenvalue weighted by Crippen LogP contribution is 2.44. The number of nitro groups is 2. The highest BCUT2D eigenvalue weighted by Gasteiger charge is 2.25. The second kappa shape index (κ2) is 8.89. The number of unbranched alkanes of at least 4 members (excludes halogenated alkanes) is 3. The van der Waals surface area contributed by atoms with E-state index in [0.29, 0.717) is 0 Å². The van der Waals surface area contributed by atoms with Crippen LogP contribution < -0.4 is 0 Å². The van der Waals surface area contributed by atoms with Crippen LogP contribution in [0.3, 0.4) is 0 Å². The predicted octanol–water partition coefficient (Wildman–Crippen LogP) is 5.83. The molecule has 0 saturated heterocycles. The highest BCUT2D eigenvalue weighted by atomic mass is 16.6. The van der Waals surface area contributed by atoms with Crippen molar-refractivity contribution in [2.75, 3.05) is 0 Å². The summed E-state index contributed by atoms with van der Waals surface area (Å²) >= 11 is 0. The van der Waals surface area contributed by atoms with Gasteiger partial charge in [-0.2, -0.15) is 0 Å². The smallest absolute Gasteiger partial charge is 0.276 e. The van der Waals surface area contributed by atoms with E-state index >= 15 is 0 Å². The second-order valence-corrected chi connectivity index (χ2v) is 7.84. The molecule has 2 aromatic rings. The van der Waals surface area contributed by atoms with Crippen molar-refractivity contribution in [1.82, 2.24) is 0 Å². The summed E-state index contributed by atoms with van der Waals surface area (Å²) in [6.07, 6.45) is 5.27. The third-order valence-electron chi connectivity index (χ3n) is 5.15. The van der Waals surface area contributed by atoms with Crippen molar-refractivity contribution in [2.24, 2.45) is 0 Å². The number of non-ortho nitro benzene ring substituents is 2. The first-order chi connectivity index (χ1) is 13.6. The fraction of sp³-hybridized carbons (Fsp3) is 0.429. The quantitative estimate of drug-likeness (QED) is 0.309. The summed E-state index contributed by atoms with van der Waals surface area (Å²) in [6, 6.07) is 6.05. The minimum absolute atomic E-state index is 0.00759. The SMILES string of the molecule is CCCCCCC(C)(C)c1cc(O)c(-c2cc([N+](=O)[O-])cc([N+](=O)[O-])c2)c(O)c1. The van der Waals surface area contributed by atoms with Crippen LogP contribution in [0, 0.1) is 20.2 Å². The summed E-state index contributed by atoms with van der Waals surface area (Å²) in [5, 5.41) is 43.4. The topological polar surface area (TPSA) is 127 Å². The van der Waals surface area contributed by atoms with Crippen LogP contribution in [-0.4, -0.2) is 20.1 Å². The average molecular weight is 402 g/mol. The number of hydrogen-bond donors (Lipinski definition) is 2. The van der Waals surface area contributed by atoms with Gasteiger partial charge < -0.3 is 10.2 Å². The summed E-state index contributed by atoms with van der Waals surface area (Å²) < 4.78 is 0. The zero-order valence-corrected chi connectivity index (χ0v) is 16.8. The number of rotatable bonds is 9. The summed E-state index contributed by atoms with van der Waals surface area (Å²) in [5.74, 6) is -0.562. The van der Waals surface area contributed by atoms with Crippen LogP contribution in [0.15, 0.2) is 30.3 Å². The molecule has 0 heterocycles. The van der Waals surface area contributed by atoms with Gasteiger partial charge in [0.15, 0.2) is 0 Å². The van der Waals surface area contributed by atoms with Crippen LogP contribution in [-0.2, 0) is 5.41 Å². The van der Waals surface area contributed by atoms with E-state index in [1.807, 2.05) is 13.8 Å². The normalized spacial score (nSPS) is 11.4. The van der Waals surface area contributed by atoms with Crippen molar-refractivity contribution in [3.8, 4) is 22.6 Å². The van der Waals surface area contributed by atoms with Gasteiger partial charge in [0, 0.05) is 17.7 Å². The standard InChI is InChI=1S/C21H26N2O6/c1-4-5-6-7-8-21(2,3)15-11-18(24)20(19(25)12-15)14-9-16(22(26)27)13-17(10-14)23(28)29/h9-13,24-25H,4-8H2,1-3H3. The first-order valence-electron chi connectivity index (χ1n) is 9.57. The average Bonchev–Trinajstić information content (AvgIpc) is 2.64. The molecule has 0 aliphatic rings. The van der Waals surface area contributed by atoms with E-state index in [1.165, 1.54) is 12.1 Å². The van der Waals surface area contributed by atoms with Gasteiger partial charge in [0.25, 0.3) is 11.4 Å². The van der Waals surface area contributed by atoms with Gasteiger partial charge in [-0.3, -0.25) is 20.2 Å². The predicted molar refractivity (Wildman–Crippen MR) is 110 cm³/mol. The Morgan fingerprint density at radius 2 is 1.38 bits per heavy atom. The Kier molecular flexibility index (Phi) is 6.79. The number of hydrogen-bond acceptors (Lipinski definition) is 6. The van der Waals surface area contributed by atoms with Gasteiger partial charge in [0.1, 0.15) is 11.5 Å². The maximum absolute atomic E-state index is 11.1. The number of phenolic OH excluding ortho intramolecular Hbond substituents is 2. The van der Waals surface area contributed by atoms with Crippen molar-refractivity contribution >= 4 is 11.4 Å². The molecule has 0 spiro atoms. The van der Waals surface area contributed by atoms with Crippen molar-refractivity contribution in [3.05, 3.63) is 56.1 Å². The molecule has 0 radical (unpaired) electrons. The maximum atomic E-state index is 11.1. The van der Waals surface area contributed by atoms with Gasteiger partial charge in [0.05, 0.1) is 21.5 Å². The Labute approximate surface area is 169 Å². The van der Waals surface area contributed by atoms with E-state index in [1.54, 1.807) is 0 Å². The van der Waals surface area contributed by atoms with Gasteiger partial charge in [0.2, 0.25) is 0 Å². The fourth-order valence-corrected chi connectivity index (χ4v) is 3.39. The van der Waals surface area contributed by atoms with Crippen molar-refractivity contribution in [3.63, 3.8) is 0 Å². The van der Waals surface area contributed by atoms with Crippen molar-refractivity contribution < 1.29 is 20.1 Å². The molecule has 0 bridgehead atoms. The minimum Gasteiger partial charge on any atom is -0.507 e. The lowest BCUT2D eigenvalue weighted by Crippen LogP contribution is -2.17. The molecule has 0 aliphatic carbocycles. The van der Waals surface area contributed by atoms with Crippen LogP contribution in [0.1, 0.15) is 58.4 Å². The zero-order chi connectivity index (χ0) is 21.8. The molecule has 0 fully saturated rings. The third-order valence-corrected chi connectivity index (χ3v) is 5.15. The lowest BCUT2D eigenvalue weighted by atomic mass is 9.79. The molecule has 8 heteroatoms. The molecule has 0 amide bonds. The van der Waals surface area contributed by atoms with Crippen LogP contribution in [0.25, 0.3) is 11.1 Å². The number of phenols is 2. The summed E-state index contributed by atoms with van der Waals surface area (Å²) in [4.78, 5) is 20.7. The van der Waals surface area contributed by atoms with Crippen LogP contribution in [0.5, 0.6) is 11.5 Å². The highest BCUT2D eigenvalue weighted by molar-refractivity contribution is 5.80. The largest absolute Gasteiger partial charge is 0.507 e. The molecule has 0 aromatic heterocycles. The van der Waals surface area contributed by atoms with Crippen molar-refractivity contribution in [1.29, 1.82) is 0 Å². The molecule has 0 unspecified atom stereocenters. The van der Waals surface area contributed by atoms with E-state index in [4.69, 9.17) is 0 Å². The Morgan fingerprint density at radius 1 is 0.862 bits per heavy atom. The lowest BCUT2D eigenvalue weighted by Gasteiger charge is -2.26. The Morgan fingerprint density at radius 3 is 1.83 bits per heavy atom. The molecule has 156 valence electrons. The Balaban J connectivity index is 2.47. The molecule has 0 saturated carbocycles. The fourth-order valence-electron chi connectivity index (χ4n) is 3.39. The first-order valence-corrected chi connectivity index (χ1v) is 9.57. The van der Waals surface area contributed by atoms with Crippen LogP contribution in [0.4, 0.5) is 11.4 Å². The van der Waals surface area contributed by atoms with Gasteiger partial charge in [-0.25, -0.2) is 0 Å². The lowest BCUT2D eigenvalue weighted by molar-refractivity contribution is -0.394. The first kappa shape index (κ1) is 22.1. The van der Waals surface area contributed by atoms with E-state index in [-0.39, 0.29) is 28.0 Å². The third kappa shape index (κ3) is 5.22. The molecular weight excluding hydrogens is 376 g/mol. The molecule has 0 aliphatic heterocycles. The summed E-state index contributed by atoms with van der Waals surface area (Å²) in [5.41, 5.74) is -0.611. The number of benzene rings is 2. The van der Waals surface area contributed by atoms with Crippen molar-refractivity contribution in [2.45, 2.75) is 58.3 Å². The van der Waals surface area contributed by atoms with Gasteiger partial charge in [-0.05, 0) is 29.5 Å². The van der Waals surface area contributed by atoms with Crippen LogP contribution in [0.2, 0.25) is 0 Å². The monoisotopic (exact) mass is 402 g/mol. The molecule has 2 rings (SSSR count). The molecule has 2 aromatic carbocycles. The molecule has 29 heavy (non-hydrogen) atoms. The minimum atomic E-state index is -0.752. The molecule has 2 N–H and O–H groups in total. The Hall–Kier alpha value is -3.16. The van der Waals surface area contributed by atoms with E-state index in [0.717, 1.165) is 55.9 Å². The second-order valence-electron chi connectivity index (χ2n) is 7.84. The van der Waals surface area contributed by atoms with E-state index in [2.05, 4.69) is 6.92 Å². The summed E-state index contributed by atoms with van der Waals surface area (Å²) in [7, 11) is 0. The molecule has 0 atom stereocenters. The maximum Gasteiger partial charge on any atom is 0.276 e. The summed E-state index contributed by atoms with van der Waals surface area (Å²) in [6.45, 7) is 6.17. The van der Waals surface area contributed by atoms with Gasteiger partial charge >= 0.3 is 0 Å². The number of aromatic hydroxyl groups is 2. The zero-order valence-electron chi connectivity index (χ0n) is 16.8. The Bertz CT molecular complexity index is 868. The molecular formula is C21H26N2O6. The molecule has 8 nitrogen and oxygen atoms in total. The van der Waals surface area contributed by atoms with E-state index < -0.39 is 21.2 Å². The van der Waals surface area contributed by atoms with E-state index in [9.17, 15) is 30.4 Å². The van der Waals surface area contributed by atoms with Crippen LogP contribution >= 0.6 is 0 Å². The number of nitrogens with zero attached hydrogens (tertiary/aromatic N) is 2. The number of nitro benzene ring substituents is 2. The van der Waals surface area contributed by atoms with Gasteiger partial charge in [-0.15, -0.1) is 0 Å². The van der Waals surface area contributed by atoms with Gasteiger partial charge in [-0.1, -0.05) is 46.5 Å².